The lowest BCUT2D eigenvalue weighted by Crippen LogP contribution is -1.90. The predicted molar refractivity (Wildman–Crippen MR) is 55.5 cm³/mol. The Morgan fingerprint density at radius 1 is 1.12 bits per heavy atom. The molecule has 16 heavy (non-hydrogen) atoms. The van der Waals surface area contributed by atoms with E-state index in [0.29, 0.717) is 11.1 Å². The number of rotatable bonds is 2. The van der Waals surface area contributed by atoms with E-state index >= 15 is 0 Å². The van der Waals surface area contributed by atoms with Crippen LogP contribution in [0.15, 0.2) is 36.7 Å². The Morgan fingerprint density at radius 3 is 2.56 bits per heavy atom. The number of pyridine rings is 1. The fourth-order valence-electron chi connectivity index (χ4n) is 1.45. The van der Waals surface area contributed by atoms with E-state index in [2.05, 4.69) is 4.98 Å². The first-order valence-corrected chi connectivity index (χ1v) is 4.71. The van der Waals surface area contributed by atoms with Crippen LogP contribution in [0.3, 0.4) is 0 Å². The predicted octanol–water partition coefficient (Wildman–Crippen LogP) is 2.52. The minimum absolute atomic E-state index is 0.224. The third-order valence-corrected chi connectivity index (χ3v) is 2.23. The van der Waals surface area contributed by atoms with Crippen molar-refractivity contribution in [3.8, 4) is 11.1 Å². The first kappa shape index (κ1) is 10.7. The number of aliphatic hydroxyl groups excluding tert-OH is 1. The van der Waals surface area contributed by atoms with Crippen molar-refractivity contribution in [1.29, 1.82) is 0 Å². The van der Waals surface area contributed by atoms with Crippen molar-refractivity contribution < 1.29 is 13.9 Å². The van der Waals surface area contributed by atoms with Crippen LogP contribution in [0.2, 0.25) is 0 Å². The van der Waals surface area contributed by atoms with E-state index in [1.165, 1.54) is 24.4 Å². The van der Waals surface area contributed by atoms with Gasteiger partial charge in [-0.2, -0.15) is 0 Å². The Bertz CT molecular complexity index is 514. The van der Waals surface area contributed by atoms with Gasteiger partial charge in [-0.25, -0.2) is 8.78 Å². The molecule has 2 aromatic rings. The minimum atomic E-state index is -0.511. The monoisotopic (exact) mass is 221 g/mol. The maximum absolute atomic E-state index is 13.6. The second kappa shape index (κ2) is 4.37. The molecule has 0 fully saturated rings. The average molecular weight is 221 g/mol. The first-order valence-electron chi connectivity index (χ1n) is 4.71. The van der Waals surface area contributed by atoms with Crippen molar-refractivity contribution in [2.24, 2.45) is 0 Å². The van der Waals surface area contributed by atoms with Crippen molar-refractivity contribution >= 4 is 0 Å². The molecule has 0 aliphatic carbocycles. The lowest BCUT2D eigenvalue weighted by Gasteiger charge is -2.04. The zero-order valence-electron chi connectivity index (χ0n) is 8.32. The number of nitrogens with zero attached hydrogens (tertiary/aromatic N) is 1. The van der Waals surface area contributed by atoms with Gasteiger partial charge >= 0.3 is 0 Å². The molecule has 0 radical (unpaired) electrons. The molecule has 1 aromatic heterocycles. The molecule has 0 aliphatic rings. The summed E-state index contributed by atoms with van der Waals surface area (Å²) in [6.07, 6.45) is 2.45. The average Bonchev–Trinajstić information content (AvgIpc) is 2.28. The van der Waals surface area contributed by atoms with Crippen LogP contribution in [-0.4, -0.2) is 10.1 Å². The summed E-state index contributed by atoms with van der Waals surface area (Å²) in [5, 5.41) is 8.83. The number of aromatic nitrogens is 1. The molecule has 0 unspecified atom stereocenters. The molecule has 2 rings (SSSR count). The van der Waals surface area contributed by atoms with E-state index in [1.807, 2.05) is 0 Å². The van der Waals surface area contributed by atoms with Gasteiger partial charge in [-0.1, -0.05) is 12.1 Å². The Balaban J connectivity index is 2.48. The lowest BCUT2D eigenvalue weighted by molar-refractivity contribution is 0.281. The fourth-order valence-corrected chi connectivity index (χ4v) is 1.45. The highest BCUT2D eigenvalue weighted by Crippen LogP contribution is 2.23. The standard InChI is InChI=1S/C12H9F2NO/c13-10-4-9(5-15-6-10)11-2-1-8(7-16)3-12(11)14/h1-6,16H,7H2. The largest absolute Gasteiger partial charge is 0.392 e. The highest BCUT2D eigenvalue weighted by Gasteiger charge is 2.07. The SMILES string of the molecule is OCc1ccc(-c2cncc(F)c2)c(F)c1. The summed E-state index contributed by atoms with van der Waals surface area (Å²) in [5.74, 6) is -1.01. The Kier molecular flexibility index (Phi) is 2.92. The van der Waals surface area contributed by atoms with Crippen LogP contribution >= 0.6 is 0 Å². The normalized spacial score (nSPS) is 10.4. The molecule has 0 amide bonds. The molecule has 1 N–H and O–H groups in total. The minimum Gasteiger partial charge on any atom is -0.392 e. The van der Waals surface area contributed by atoms with Gasteiger partial charge in [0.25, 0.3) is 0 Å². The summed E-state index contributed by atoms with van der Waals surface area (Å²) in [4.78, 5) is 3.65. The van der Waals surface area contributed by atoms with Gasteiger partial charge in [-0.3, -0.25) is 4.98 Å². The number of benzene rings is 1. The van der Waals surface area contributed by atoms with Crippen LogP contribution in [-0.2, 0) is 6.61 Å². The maximum Gasteiger partial charge on any atom is 0.142 e. The van der Waals surface area contributed by atoms with Crippen LogP contribution in [0.1, 0.15) is 5.56 Å². The number of aliphatic hydroxyl groups is 1. The number of hydrogen-bond donors (Lipinski definition) is 1. The van der Waals surface area contributed by atoms with Crippen LogP contribution in [0.4, 0.5) is 8.78 Å². The number of hydrogen-bond acceptors (Lipinski definition) is 2. The van der Waals surface area contributed by atoms with Gasteiger partial charge in [0.05, 0.1) is 12.8 Å². The molecule has 1 aromatic carbocycles. The van der Waals surface area contributed by atoms with Crippen LogP contribution in [0.5, 0.6) is 0 Å². The van der Waals surface area contributed by atoms with E-state index in [-0.39, 0.29) is 12.2 Å². The molecular formula is C12H9F2NO. The summed E-state index contributed by atoms with van der Waals surface area (Å²) >= 11 is 0. The van der Waals surface area contributed by atoms with E-state index in [4.69, 9.17) is 5.11 Å². The van der Waals surface area contributed by atoms with Gasteiger partial charge in [0, 0.05) is 17.3 Å². The third kappa shape index (κ3) is 2.06. The molecule has 0 bridgehead atoms. The molecule has 0 saturated carbocycles. The molecular weight excluding hydrogens is 212 g/mol. The van der Waals surface area contributed by atoms with Crippen molar-refractivity contribution in [2.45, 2.75) is 6.61 Å². The summed E-state index contributed by atoms with van der Waals surface area (Å²) in [6.45, 7) is -0.224. The molecule has 4 heteroatoms. The molecule has 2 nitrogen and oxygen atoms in total. The highest BCUT2D eigenvalue weighted by atomic mass is 19.1. The van der Waals surface area contributed by atoms with Crippen molar-refractivity contribution in [2.75, 3.05) is 0 Å². The molecule has 0 atom stereocenters. The number of halogens is 2. The van der Waals surface area contributed by atoms with Crippen molar-refractivity contribution in [3.05, 3.63) is 53.9 Å². The Hall–Kier alpha value is -1.81. The van der Waals surface area contributed by atoms with Crippen molar-refractivity contribution in [1.82, 2.24) is 4.98 Å². The van der Waals surface area contributed by atoms with Gasteiger partial charge in [-0.15, -0.1) is 0 Å². The summed E-state index contributed by atoms with van der Waals surface area (Å²) < 4.78 is 26.5. The quantitative estimate of drug-likeness (QED) is 0.845. The van der Waals surface area contributed by atoms with Gasteiger partial charge < -0.3 is 5.11 Å². The lowest BCUT2D eigenvalue weighted by atomic mass is 10.1. The van der Waals surface area contributed by atoms with Gasteiger partial charge in [0.2, 0.25) is 0 Å². The second-order valence-electron chi connectivity index (χ2n) is 3.36. The maximum atomic E-state index is 13.6. The molecule has 82 valence electrons. The summed E-state index contributed by atoms with van der Waals surface area (Å²) in [7, 11) is 0. The molecule has 0 saturated heterocycles. The van der Waals surface area contributed by atoms with Gasteiger partial charge in [-0.05, 0) is 17.7 Å². The topological polar surface area (TPSA) is 33.1 Å². The zero-order valence-corrected chi connectivity index (χ0v) is 8.32. The zero-order chi connectivity index (χ0) is 11.5. The summed E-state index contributed by atoms with van der Waals surface area (Å²) in [5.41, 5.74) is 1.12. The van der Waals surface area contributed by atoms with E-state index in [0.717, 1.165) is 6.20 Å². The van der Waals surface area contributed by atoms with E-state index in [9.17, 15) is 8.78 Å². The van der Waals surface area contributed by atoms with E-state index in [1.54, 1.807) is 6.07 Å². The van der Waals surface area contributed by atoms with Crippen LogP contribution in [0.25, 0.3) is 11.1 Å². The summed E-state index contributed by atoms with van der Waals surface area (Å²) in [6, 6.07) is 5.52. The van der Waals surface area contributed by atoms with Gasteiger partial charge in [0.15, 0.2) is 0 Å². The third-order valence-electron chi connectivity index (χ3n) is 2.23. The second-order valence-corrected chi connectivity index (χ2v) is 3.36. The van der Waals surface area contributed by atoms with Crippen LogP contribution < -0.4 is 0 Å². The smallest absolute Gasteiger partial charge is 0.142 e. The molecule has 1 heterocycles. The Labute approximate surface area is 91.2 Å². The molecule has 0 spiro atoms. The first-order chi connectivity index (χ1) is 7.70. The highest BCUT2D eigenvalue weighted by molar-refractivity contribution is 5.63. The molecule has 0 aliphatic heterocycles. The van der Waals surface area contributed by atoms with Gasteiger partial charge in [0.1, 0.15) is 11.6 Å². The Morgan fingerprint density at radius 2 is 1.94 bits per heavy atom. The fraction of sp³-hybridized carbons (Fsp3) is 0.0833. The van der Waals surface area contributed by atoms with Crippen molar-refractivity contribution in [3.63, 3.8) is 0 Å². The van der Waals surface area contributed by atoms with Crippen LogP contribution in [0, 0.1) is 11.6 Å². The van der Waals surface area contributed by atoms with E-state index < -0.39 is 11.6 Å².